The molecular weight excluding hydrogens is 198 g/mol. The molecule has 0 fully saturated rings. The Kier molecular flexibility index (Phi) is 4.50. The first-order chi connectivity index (χ1) is 6.80. The fourth-order valence-electron chi connectivity index (χ4n) is 0.722. The summed E-state index contributed by atoms with van der Waals surface area (Å²) in [6, 6.07) is 6.15. The van der Waals surface area contributed by atoms with Crippen LogP contribution in [0.25, 0.3) is 0 Å². The lowest BCUT2D eigenvalue weighted by atomic mass is 10.3. The van der Waals surface area contributed by atoms with E-state index >= 15 is 0 Å². The number of phenols is 2. The predicted molar refractivity (Wildman–Crippen MR) is 58.8 cm³/mol. The van der Waals surface area contributed by atoms with Crippen molar-refractivity contribution in [2.24, 2.45) is 0 Å². The number of nitrogens with one attached hydrogen (secondary N) is 1. The maximum absolute atomic E-state index is 8.67. The number of benzene rings is 1. The molecule has 3 N–H and O–H groups in total. The van der Waals surface area contributed by atoms with Crippen molar-refractivity contribution in [2.75, 3.05) is 0 Å². The SMILES string of the molecule is C1=CNSC=C1.Oc1ccccc1O. The summed E-state index contributed by atoms with van der Waals surface area (Å²) in [6.45, 7) is 0. The lowest BCUT2D eigenvalue weighted by molar-refractivity contribution is 0.404. The van der Waals surface area contributed by atoms with Crippen LogP contribution in [-0.4, -0.2) is 10.2 Å². The van der Waals surface area contributed by atoms with Gasteiger partial charge in [0.05, 0.1) is 0 Å². The summed E-state index contributed by atoms with van der Waals surface area (Å²) in [4.78, 5) is 0. The van der Waals surface area contributed by atoms with Gasteiger partial charge in [-0.1, -0.05) is 18.2 Å². The second-order valence-corrected chi connectivity index (χ2v) is 3.16. The maximum atomic E-state index is 8.67. The molecule has 74 valence electrons. The van der Waals surface area contributed by atoms with E-state index < -0.39 is 0 Å². The van der Waals surface area contributed by atoms with Gasteiger partial charge in [-0.15, -0.1) is 0 Å². The van der Waals surface area contributed by atoms with Crippen LogP contribution in [0.2, 0.25) is 0 Å². The molecule has 1 aromatic rings. The maximum Gasteiger partial charge on any atom is 0.157 e. The van der Waals surface area contributed by atoms with Crippen LogP contribution in [0.15, 0.2) is 48.0 Å². The zero-order valence-corrected chi connectivity index (χ0v) is 8.24. The predicted octanol–water partition coefficient (Wildman–Crippen LogP) is 2.36. The van der Waals surface area contributed by atoms with Gasteiger partial charge in [-0.2, -0.15) is 0 Å². The molecule has 1 heterocycles. The molecule has 14 heavy (non-hydrogen) atoms. The first-order valence-corrected chi connectivity index (χ1v) is 4.88. The van der Waals surface area contributed by atoms with E-state index in [1.165, 1.54) is 12.1 Å². The number of hydrogen-bond acceptors (Lipinski definition) is 4. The van der Waals surface area contributed by atoms with Crippen LogP contribution in [-0.2, 0) is 0 Å². The summed E-state index contributed by atoms with van der Waals surface area (Å²) < 4.78 is 2.93. The Labute approximate surface area is 86.9 Å². The number of hydrogen-bond donors (Lipinski definition) is 3. The molecular formula is C10H11NO2S. The van der Waals surface area contributed by atoms with Crippen LogP contribution in [0.4, 0.5) is 0 Å². The van der Waals surface area contributed by atoms with Gasteiger partial charge in [-0.3, -0.25) is 0 Å². The summed E-state index contributed by atoms with van der Waals surface area (Å²) >= 11 is 1.58. The molecule has 0 spiro atoms. The Balaban J connectivity index is 0.000000146. The standard InChI is InChI=1S/C6H6O2.C4H5NS/c7-5-3-1-2-4-6(5)8;1-2-4-6-5-3-1/h1-4,7-8H;1-5H. The molecule has 2 rings (SSSR count). The van der Waals surface area contributed by atoms with Crippen LogP contribution in [0.3, 0.4) is 0 Å². The van der Waals surface area contributed by atoms with E-state index in [9.17, 15) is 0 Å². The van der Waals surface area contributed by atoms with E-state index in [-0.39, 0.29) is 11.5 Å². The van der Waals surface area contributed by atoms with Gasteiger partial charge >= 0.3 is 0 Å². The average molecular weight is 209 g/mol. The smallest absolute Gasteiger partial charge is 0.157 e. The fourth-order valence-corrected chi connectivity index (χ4v) is 1.13. The summed E-state index contributed by atoms with van der Waals surface area (Å²) in [5.74, 6) is -0.153. The van der Waals surface area contributed by atoms with Gasteiger partial charge in [0.2, 0.25) is 0 Å². The lowest BCUT2D eigenvalue weighted by Crippen LogP contribution is -1.88. The Hall–Kier alpha value is -1.55. The van der Waals surface area contributed by atoms with Crippen molar-refractivity contribution in [1.82, 2.24) is 4.72 Å². The van der Waals surface area contributed by atoms with Crippen LogP contribution >= 0.6 is 11.9 Å². The van der Waals surface area contributed by atoms with Gasteiger partial charge in [-0.25, -0.2) is 0 Å². The Morgan fingerprint density at radius 3 is 1.86 bits per heavy atom. The number of rotatable bonds is 0. The highest BCUT2D eigenvalue weighted by molar-refractivity contribution is 8.00. The summed E-state index contributed by atoms with van der Waals surface area (Å²) in [6.07, 6.45) is 5.84. The highest BCUT2D eigenvalue weighted by Gasteiger charge is 1.90. The minimum atomic E-state index is -0.0764. The lowest BCUT2D eigenvalue weighted by Gasteiger charge is -1.93. The minimum Gasteiger partial charge on any atom is -0.504 e. The molecule has 0 amide bonds. The van der Waals surface area contributed by atoms with Crippen molar-refractivity contribution in [3.63, 3.8) is 0 Å². The zero-order chi connectivity index (χ0) is 10.2. The molecule has 0 atom stereocenters. The van der Waals surface area contributed by atoms with E-state index in [1.807, 2.05) is 23.8 Å². The summed E-state index contributed by atoms with van der Waals surface area (Å²) in [7, 11) is 0. The van der Waals surface area contributed by atoms with Gasteiger partial charge in [0.15, 0.2) is 11.5 Å². The Bertz CT molecular complexity index is 304. The van der Waals surface area contributed by atoms with Crippen LogP contribution < -0.4 is 4.72 Å². The van der Waals surface area contributed by atoms with Crippen molar-refractivity contribution >= 4 is 11.9 Å². The van der Waals surface area contributed by atoms with Crippen LogP contribution in [0, 0.1) is 0 Å². The van der Waals surface area contributed by atoms with Gasteiger partial charge in [0.1, 0.15) is 0 Å². The zero-order valence-electron chi connectivity index (χ0n) is 7.42. The molecule has 0 unspecified atom stereocenters. The molecule has 1 aromatic carbocycles. The van der Waals surface area contributed by atoms with Crippen LogP contribution in [0.1, 0.15) is 0 Å². The van der Waals surface area contributed by atoms with Crippen molar-refractivity contribution in [3.8, 4) is 11.5 Å². The second kappa shape index (κ2) is 5.99. The molecule has 0 bridgehead atoms. The van der Waals surface area contributed by atoms with Gasteiger partial charge < -0.3 is 14.9 Å². The molecule has 0 saturated carbocycles. The van der Waals surface area contributed by atoms with Crippen molar-refractivity contribution < 1.29 is 10.2 Å². The number of aromatic hydroxyl groups is 2. The fraction of sp³-hybridized carbons (Fsp3) is 0. The third kappa shape index (κ3) is 3.91. The first-order valence-electron chi connectivity index (χ1n) is 4.00. The second-order valence-electron chi connectivity index (χ2n) is 2.41. The molecule has 1 aliphatic heterocycles. The first kappa shape index (κ1) is 10.5. The summed E-state index contributed by atoms with van der Waals surface area (Å²) in [5.41, 5.74) is 0. The minimum absolute atomic E-state index is 0.0764. The molecule has 4 heteroatoms. The normalized spacial score (nSPS) is 12.6. The van der Waals surface area contributed by atoms with Gasteiger partial charge in [0.25, 0.3) is 0 Å². The molecule has 0 radical (unpaired) electrons. The molecule has 1 aliphatic rings. The van der Waals surface area contributed by atoms with Gasteiger partial charge in [-0.05, 0) is 35.6 Å². The average Bonchev–Trinajstić information content (AvgIpc) is 2.26. The van der Waals surface area contributed by atoms with E-state index in [0.717, 1.165) is 0 Å². The highest BCUT2D eigenvalue weighted by atomic mass is 32.2. The van der Waals surface area contributed by atoms with E-state index in [4.69, 9.17) is 10.2 Å². The van der Waals surface area contributed by atoms with Gasteiger partial charge in [0, 0.05) is 6.20 Å². The quantitative estimate of drug-likeness (QED) is 0.453. The molecule has 0 aliphatic carbocycles. The van der Waals surface area contributed by atoms with E-state index in [0.29, 0.717) is 0 Å². The largest absolute Gasteiger partial charge is 0.504 e. The van der Waals surface area contributed by atoms with Crippen LogP contribution in [0.5, 0.6) is 11.5 Å². The number of allylic oxidation sites excluding steroid dienone is 2. The highest BCUT2D eigenvalue weighted by Crippen LogP contribution is 2.21. The summed E-state index contributed by atoms with van der Waals surface area (Å²) in [5, 5.41) is 19.3. The third-order valence-electron chi connectivity index (χ3n) is 1.37. The third-order valence-corrected chi connectivity index (χ3v) is 1.94. The molecule has 0 aromatic heterocycles. The number of para-hydroxylation sites is 2. The number of phenolic OH excluding ortho intramolecular Hbond substituents is 2. The molecule has 3 nitrogen and oxygen atoms in total. The molecule has 0 saturated heterocycles. The topological polar surface area (TPSA) is 52.5 Å². The Morgan fingerprint density at radius 1 is 1.00 bits per heavy atom. The van der Waals surface area contributed by atoms with Crippen molar-refractivity contribution in [1.29, 1.82) is 0 Å². The monoisotopic (exact) mass is 209 g/mol. The van der Waals surface area contributed by atoms with E-state index in [2.05, 4.69) is 4.72 Å². The van der Waals surface area contributed by atoms with E-state index in [1.54, 1.807) is 24.1 Å². The Morgan fingerprint density at radius 2 is 1.64 bits per heavy atom. The van der Waals surface area contributed by atoms with Crippen molar-refractivity contribution in [3.05, 3.63) is 48.0 Å². The van der Waals surface area contributed by atoms with Crippen molar-refractivity contribution in [2.45, 2.75) is 0 Å².